The molecule has 1 atom stereocenters. The first kappa shape index (κ1) is 17.5. The topological polar surface area (TPSA) is 104 Å². The first-order valence-electron chi connectivity index (χ1n) is 6.62. The van der Waals surface area contributed by atoms with Gasteiger partial charge in [0.05, 0.1) is 6.04 Å². The Morgan fingerprint density at radius 2 is 1.82 bits per heavy atom. The van der Waals surface area contributed by atoms with Crippen molar-refractivity contribution < 1.29 is 24.3 Å². The van der Waals surface area contributed by atoms with Crippen LogP contribution in [0.25, 0.3) is 0 Å². The molecule has 22 heavy (non-hydrogen) atoms. The van der Waals surface area contributed by atoms with Crippen molar-refractivity contribution in [2.24, 2.45) is 0 Å². The number of rotatable bonds is 3. The van der Waals surface area contributed by atoms with Crippen molar-refractivity contribution in [3.05, 3.63) is 29.3 Å². The highest BCUT2D eigenvalue weighted by atomic mass is 16.3. The van der Waals surface area contributed by atoms with E-state index in [4.69, 9.17) is 5.11 Å². The summed E-state index contributed by atoms with van der Waals surface area (Å²) < 4.78 is 0. The Hall–Kier alpha value is -2.54. The first-order chi connectivity index (χ1) is 10.4. The number of hydrogen-bond acceptors (Lipinski definition) is 6. The molecule has 1 saturated heterocycles. The number of carbonyl (C=O) groups is 4. The van der Waals surface area contributed by atoms with Crippen molar-refractivity contribution in [2.75, 3.05) is 14.1 Å². The van der Waals surface area contributed by atoms with Crippen molar-refractivity contribution in [1.29, 1.82) is 0 Å². The fourth-order valence-corrected chi connectivity index (χ4v) is 1.95. The van der Waals surface area contributed by atoms with Crippen LogP contribution in [0.2, 0.25) is 0 Å². The lowest BCUT2D eigenvalue weighted by Gasteiger charge is -2.26. The Balaban J connectivity index is 0.000000220. The first-order valence-corrected chi connectivity index (χ1v) is 6.62. The predicted octanol–water partition coefficient (Wildman–Crippen LogP) is 0.370. The molecule has 2 rings (SSSR count). The molecule has 7 nitrogen and oxygen atoms in total. The molecular weight excluding hydrogens is 288 g/mol. The number of aldehydes is 2. The summed E-state index contributed by atoms with van der Waals surface area (Å²) in [4.78, 5) is 44.1. The lowest BCUT2D eigenvalue weighted by atomic mass is 10.1. The zero-order chi connectivity index (χ0) is 16.7. The number of likely N-dealkylation sites (N-methyl/N-ethyl adjacent to an activating group) is 1. The maximum Gasteiger partial charge on any atom is 0.243 e. The SMILES string of the molecule is CN(C)C1CCC(=O)NC1=O.O=Cc1ccc(O)cc1C=O. The van der Waals surface area contributed by atoms with Crippen LogP contribution in [-0.4, -0.2) is 54.5 Å². The summed E-state index contributed by atoms with van der Waals surface area (Å²) in [5.41, 5.74) is 0.498. The van der Waals surface area contributed by atoms with E-state index in [1.165, 1.54) is 18.2 Å². The number of amides is 2. The van der Waals surface area contributed by atoms with E-state index in [1.807, 2.05) is 19.0 Å². The standard InChI is InChI=1S/C8H6O3.C7H12N2O2/c9-4-6-1-2-8(11)3-7(6)5-10;1-9(2)5-3-4-6(10)8-7(5)11/h1-5,11H;5H,3-4H2,1-2H3,(H,8,10,11). The molecule has 1 aromatic carbocycles. The molecule has 0 saturated carbocycles. The largest absolute Gasteiger partial charge is 0.508 e. The second-order valence-electron chi connectivity index (χ2n) is 4.98. The van der Waals surface area contributed by atoms with Gasteiger partial charge in [0.2, 0.25) is 11.8 Å². The lowest BCUT2D eigenvalue weighted by molar-refractivity contribution is -0.136. The van der Waals surface area contributed by atoms with Crippen LogP contribution in [-0.2, 0) is 9.59 Å². The van der Waals surface area contributed by atoms with Crippen LogP contribution < -0.4 is 5.32 Å². The Kier molecular flexibility index (Phi) is 6.40. The molecule has 7 heteroatoms. The average Bonchev–Trinajstić information content (AvgIpc) is 2.47. The van der Waals surface area contributed by atoms with E-state index < -0.39 is 0 Å². The number of imide groups is 1. The van der Waals surface area contributed by atoms with Crippen LogP contribution in [0.4, 0.5) is 0 Å². The fourth-order valence-electron chi connectivity index (χ4n) is 1.95. The van der Waals surface area contributed by atoms with Gasteiger partial charge in [0.25, 0.3) is 0 Å². The number of nitrogens with zero attached hydrogens (tertiary/aromatic N) is 1. The smallest absolute Gasteiger partial charge is 0.243 e. The maximum absolute atomic E-state index is 11.1. The molecule has 2 amide bonds. The van der Waals surface area contributed by atoms with E-state index in [1.54, 1.807) is 0 Å². The summed E-state index contributed by atoms with van der Waals surface area (Å²) >= 11 is 0. The van der Waals surface area contributed by atoms with E-state index in [-0.39, 0.29) is 34.7 Å². The zero-order valence-electron chi connectivity index (χ0n) is 12.4. The number of aromatic hydroxyl groups is 1. The Bertz CT molecular complexity index is 583. The minimum absolute atomic E-state index is 0.0160. The molecule has 1 aliphatic rings. The van der Waals surface area contributed by atoms with Gasteiger partial charge in [0.15, 0.2) is 12.6 Å². The minimum atomic E-state index is -0.175. The Labute approximate surface area is 127 Å². The third kappa shape index (κ3) is 4.78. The van der Waals surface area contributed by atoms with Gasteiger partial charge >= 0.3 is 0 Å². The number of nitrogens with one attached hydrogen (secondary N) is 1. The van der Waals surface area contributed by atoms with E-state index in [2.05, 4.69) is 5.32 Å². The van der Waals surface area contributed by atoms with Crippen LogP contribution in [0, 0.1) is 0 Å². The summed E-state index contributed by atoms with van der Waals surface area (Å²) in [5.74, 6) is -0.350. The van der Waals surface area contributed by atoms with Crippen molar-refractivity contribution in [2.45, 2.75) is 18.9 Å². The quantitative estimate of drug-likeness (QED) is 0.617. The molecule has 0 aromatic heterocycles. The van der Waals surface area contributed by atoms with Crippen LogP contribution in [0.3, 0.4) is 0 Å². The molecule has 118 valence electrons. The second kappa shape index (κ2) is 8.04. The third-order valence-corrected chi connectivity index (χ3v) is 3.16. The number of benzene rings is 1. The average molecular weight is 306 g/mol. The molecule has 1 aromatic rings. The molecule has 1 heterocycles. The van der Waals surface area contributed by atoms with Gasteiger partial charge < -0.3 is 5.11 Å². The Morgan fingerprint density at radius 3 is 2.32 bits per heavy atom. The number of phenolic OH excluding ortho intramolecular Hbond substituents is 1. The van der Waals surface area contributed by atoms with E-state index in [0.717, 1.165) is 0 Å². The van der Waals surface area contributed by atoms with Gasteiger partial charge in [-0.2, -0.15) is 0 Å². The van der Waals surface area contributed by atoms with E-state index in [9.17, 15) is 19.2 Å². The molecule has 0 bridgehead atoms. The van der Waals surface area contributed by atoms with Crippen LogP contribution in [0.15, 0.2) is 18.2 Å². The minimum Gasteiger partial charge on any atom is -0.508 e. The van der Waals surface area contributed by atoms with E-state index in [0.29, 0.717) is 25.4 Å². The molecule has 1 fully saturated rings. The molecule has 1 aliphatic heterocycles. The number of piperidine rings is 1. The molecule has 0 radical (unpaired) electrons. The van der Waals surface area contributed by atoms with Gasteiger partial charge in [0, 0.05) is 17.5 Å². The monoisotopic (exact) mass is 306 g/mol. The van der Waals surface area contributed by atoms with Gasteiger partial charge in [-0.05, 0) is 38.7 Å². The van der Waals surface area contributed by atoms with Crippen molar-refractivity contribution >= 4 is 24.4 Å². The molecule has 1 unspecified atom stereocenters. The highest BCUT2D eigenvalue weighted by Gasteiger charge is 2.27. The van der Waals surface area contributed by atoms with Crippen LogP contribution in [0.1, 0.15) is 33.6 Å². The summed E-state index contributed by atoms with van der Waals surface area (Å²) in [6.45, 7) is 0. The molecular formula is C15H18N2O5. The number of phenols is 1. The highest BCUT2D eigenvalue weighted by Crippen LogP contribution is 2.13. The molecule has 2 N–H and O–H groups in total. The molecule has 0 spiro atoms. The highest BCUT2D eigenvalue weighted by molar-refractivity contribution is 6.00. The summed E-state index contributed by atoms with van der Waals surface area (Å²) in [5, 5.41) is 11.2. The van der Waals surface area contributed by atoms with E-state index >= 15 is 0 Å². The summed E-state index contributed by atoms with van der Waals surface area (Å²) in [7, 11) is 3.67. The molecule has 0 aliphatic carbocycles. The second-order valence-corrected chi connectivity index (χ2v) is 4.98. The van der Waals surface area contributed by atoms with Crippen LogP contribution in [0.5, 0.6) is 5.75 Å². The summed E-state index contributed by atoms with van der Waals surface area (Å²) in [6, 6.07) is 3.87. The number of carbonyl (C=O) groups excluding carboxylic acids is 4. The lowest BCUT2D eigenvalue weighted by Crippen LogP contribution is -2.50. The van der Waals surface area contributed by atoms with Crippen molar-refractivity contribution in [3.63, 3.8) is 0 Å². The number of hydrogen-bond donors (Lipinski definition) is 2. The van der Waals surface area contributed by atoms with Gasteiger partial charge in [-0.25, -0.2) is 0 Å². The van der Waals surface area contributed by atoms with Gasteiger partial charge in [-0.1, -0.05) is 0 Å². The Morgan fingerprint density at radius 1 is 1.18 bits per heavy atom. The van der Waals surface area contributed by atoms with Gasteiger partial charge in [-0.3, -0.25) is 29.4 Å². The van der Waals surface area contributed by atoms with Gasteiger partial charge in [-0.15, -0.1) is 0 Å². The van der Waals surface area contributed by atoms with Crippen LogP contribution >= 0.6 is 0 Å². The summed E-state index contributed by atoms with van der Waals surface area (Å²) in [6.07, 6.45) is 2.19. The predicted molar refractivity (Wildman–Crippen MR) is 78.7 cm³/mol. The van der Waals surface area contributed by atoms with Crippen molar-refractivity contribution in [3.8, 4) is 5.75 Å². The fraction of sp³-hybridized carbons (Fsp3) is 0.333. The maximum atomic E-state index is 11.1. The normalized spacial score (nSPS) is 17.3. The van der Waals surface area contributed by atoms with Gasteiger partial charge in [0.1, 0.15) is 5.75 Å². The zero-order valence-corrected chi connectivity index (χ0v) is 12.4. The van der Waals surface area contributed by atoms with Crippen molar-refractivity contribution in [1.82, 2.24) is 10.2 Å². The third-order valence-electron chi connectivity index (χ3n) is 3.16.